The monoisotopic (exact) mass is 281 g/mol. The van der Waals surface area contributed by atoms with Crippen molar-refractivity contribution in [2.24, 2.45) is 7.05 Å². The van der Waals surface area contributed by atoms with E-state index in [1.165, 1.54) is 4.90 Å². The van der Waals surface area contributed by atoms with Gasteiger partial charge in [0.25, 0.3) is 0 Å². The lowest BCUT2D eigenvalue weighted by molar-refractivity contribution is -0.139. The number of nitrogens with zero attached hydrogens (tertiary/aromatic N) is 3. The van der Waals surface area contributed by atoms with Gasteiger partial charge >= 0.3 is 6.18 Å². The zero-order valence-corrected chi connectivity index (χ0v) is 10.6. The number of alkyl halides is 3. The molecule has 8 heteroatoms. The van der Waals surface area contributed by atoms with E-state index in [0.29, 0.717) is 0 Å². The van der Waals surface area contributed by atoms with Crippen LogP contribution in [0.25, 0.3) is 0 Å². The number of aliphatic hydroxyl groups is 2. The summed E-state index contributed by atoms with van der Waals surface area (Å²) in [5.41, 5.74) is 0.759. The average molecular weight is 281 g/mol. The van der Waals surface area contributed by atoms with Crippen molar-refractivity contribution in [1.29, 1.82) is 0 Å². The van der Waals surface area contributed by atoms with Crippen LogP contribution < -0.4 is 0 Å². The summed E-state index contributed by atoms with van der Waals surface area (Å²) in [5.74, 6) is 0. The van der Waals surface area contributed by atoms with Crippen LogP contribution in [0.1, 0.15) is 12.0 Å². The van der Waals surface area contributed by atoms with Crippen molar-refractivity contribution in [1.82, 2.24) is 14.7 Å². The number of aryl methyl sites for hydroxylation is 1. The first kappa shape index (κ1) is 15.9. The number of aromatic nitrogens is 2. The minimum Gasteiger partial charge on any atom is -0.394 e. The zero-order valence-electron chi connectivity index (χ0n) is 10.6. The van der Waals surface area contributed by atoms with Crippen LogP contribution in [0.15, 0.2) is 12.4 Å². The van der Waals surface area contributed by atoms with E-state index < -0.39 is 25.3 Å². The highest BCUT2D eigenvalue weighted by Crippen LogP contribution is 2.20. The average Bonchev–Trinajstić information content (AvgIpc) is 2.70. The summed E-state index contributed by atoms with van der Waals surface area (Å²) in [6.07, 6.45) is -2.98. The smallest absolute Gasteiger partial charge is 0.390 e. The lowest BCUT2D eigenvalue weighted by Crippen LogP contribution is -2.36. The minimum absolute atomic E-state index is 0.0124. The van der Waals surface area contributed by atoms with E-state index in [9.17, 15) is 18.3 Å². The van der Waals surface area contributed by atoms with Crippen molar-refractivity contribution in [3.05, 3.63) is 18.0 Å². The van der Waals surface area contributed by atoms with Crippen LogP contribution in [0.5, 0.6) is 0 Å². The second-order valence-electron chi connectivity index (χ2n) is 4.46. The van der Waals surface area contributed by atoms with E-state index in [1.807, 2.05) is 0 Å². The van der Waals surface area contributed by atoms with Gasteiger partial charge < -0.3 is 10.2 Å². The Balaban J connectivity index is 2.58. The first-order valence-corrected chi connectivity index (χ1v) is 5.85. The van der Waals surface area contributed by atoms with Crippen LogP contribution in [0.3, 0.4) is 0 Å². The highest BCUT2D eigenvalue weighted by atomic mass is 19.4. The molecule has 1 atom stereocenters. The van der Waals surface area contributed by atoms with Crippen LogP contribution in [-0.2, 0) is 13.6 Å². The summed E-state index contributed by atoms with van der Waals surface area (Å²) in [5, 5.41) is 22.0. The van der Waals surface area contributed by atoms with Crippen molar-refractivity contribution < 1.29 is 23.4 Å². The van der Waals surface area contributed by atoms with Crippen LogP contribution in [-0.4, -0.2) is 56.9 Å². The van der Waals surface area contributed by atoms with Crippen molar-refractivity contribution in [2.45, 2.75) is 25.2 Å². The van der Waals surface area contributed by atoms with Crippen LogP contribution in [0.4, 0.5) is 13.2 Å². The number of hydrogen-bond acceptors (Lipinski definition) is 4. The molecule has 0 amide bonds. The SMILES string of the molecule is Cn1cc(CN(CCC(F)(F)F)C[C@H](O)CO)cn1. The maximum Gasteiger partial charge on any atom is 0.390 e. The van der Waals surface area contributed by atoms with E-state index in [2.05, 4.69) is 5.10 Å². The molecule has 0 radical (unpaired) electrons. The van der Waals surface area contributed by atoms with Crippen molar-refractivity contribution in [3.8, 4) is 0 Å². The van der Waals surface area contributed by atoms with Gasteiger partial charge in [-0.05, 0) is 0 Å². The van der Waals surface area contributed by atoms with Gasteiger partial charge in [0.15, 0.2) is 0 Å². The summed E-state index contributed by atoms with van der Waals surface area (Å²) >= 11 is 0. The van der Waals surface area contributed by atoms with Gasteiger partial charge in [-0.15, -0.1) is 0 Å². The molecule has 0 aliphatic heterocycles. The van der Waals surface area contributed by atoms with Crippen LogP contribution in [0, 0.1) is 0 Å². The summed E-state index contributed by atoms with van der Waals surface area (Å²) in [4.78, 5) is 1.45. The van der Waals surface area contributed by atoms with E-state index in [-0.39, 0.29) is 19.6 Å². The van der Waals surface area contributed by atoms with Gasteiger partial charge in [0.2, 0.25) is 0 Å². The number of hydrogen-bond donors (Lipinski definition) is 2. The molecule has 2 N–H and O–H groups in total. The Bertz CT molecular complexity index is 382. The highest BCUT2D eigenvalue weighted by molar-refractivity contribution is 5.03. The third-order valence-electron chi connectivity index (χ3n) is 2.56. The first-order chi connectivity index (χ1) is 8.80. The Kier molecular flexibility index (Phi) is 5.77. The molecule has 110 valence electrons. The third-order valence-corrected chi connectivity index (χ3v) is 2.56. The molecule has 0 aliphatic carbocycles. The summed E-state index contributed by atoms with van der Waals surface area (Å²) in [6, 6.07) is 0. The molecule has 1 aromatic heterocycles. The fraction of sp³-hybridized carbons (Fsp3) is 0.727. The van der Waals surface area contributed by atoms with Gasteiger partial charge in [-0.1, -0.05) is 0 Å². The van der Waals surface area contributed by atoms with E-state index >= 15 is 0 Å². The third kappa shape index (κ3) is 6.55. The normalized spacial score (nSPS) is 14.1. The largest absolute Gasteiger partial charge is 0.394 e. The molecule has 1 heterocycles. The Labute approximate surface area is 109 Å². The molecule has 0 unspecified atom stereocenters. The van der Waals surface area contributed by atoms with E-state index in [4.69, 9.17) is 5.11 Å². The Morgan fingerprint density at radius 2 is 2.16 bits per heavy atom. The summed E-state index contributed by atoms with van der Waals surface area (Å²) < 4.78 is 38.2. The van der Waals surface area contributed by atoms with Gasteiger partial charge in [0, 0.05) is 38.4 Å². The molecular formula is C11H18F3N3O2. The highest BCUT2D eigenvalue weighted by Gasteiger charge is 2.28. The lowest BCUT2D eigenvalue weighted by atomic mass is 10.2. The second kappa shape index (κ2) is 6.88. The predicted octanol–water partition coefficient (Wildman–Crippen LogP) is 0.528. The maximum atomic E-state index is 12.2. The number of halogens is 3. The number of rotatable bonds is 7. The van der Waals surface area contributed by atoms with Gasteiger partial charge in [0.05, 0.1) is 25.3 Å². The van der Waals surface area contributed by atoms with Crippen molar-refractivity contribution in [2.75, 3.05) is 19.7 Å². The first-order valence-electron chi connectivity index (χ1n) is 5.85. The Hall–Kier alpha value is -1.12. The molecule has 1 rings (SSSR count). The zero-order chi connectivity index (χ0) is 14.5. The van der Waals surface area contributed by atoms with Gasteiger partial charge in [-0.25, -0.2) is 0 Å². The predicted molar refractivity (Wildman–Crippen MR) is 62.2 cm³/mol. The molecule has 19 heavy (non-hydrogen) atoms. The topological polar surface area (TPSA) is 61.5 Å². The quantitative estimate of drug-likeness (QED) is 0.765. The molecule has 0 bridgehead atoms. The van der Waals surface area contributed by atoms with Gasteiger partial charge in [0.1, 0.15) is 0 Å². The number of aliphatic hydroxyl groups excluding tert-OH is 2. The summed E-state index contributed by atoms with van der Waals surface area (Å²) in [6.45, 7) is -0.465. The fourth-order valence-electron chi connectivity index (χ4n) is 1.69. The molecular weight excluding hydrogens is 263 g/mol. The maximum absolute atomic E-state index is 12.2. The molecule has 0 spiro atoms. The standard InChI is InChI=1S/C11H18F3N3O2/c1-16-5-9(4-15-16)6-17(7-10(19)8-18)3-2-11(12,13)14/h4-5,10,18-19H,2-3,6-8H2,1H3/t10-/m0/s1. The molecule has 0 aliphatic rings. The van der Waals surface area contributed by atoms with Crippen molar-refractivity contribution >= 4 is 0 Å². The molecule has 0 saturated heterocycles. The Morgan fingerprint density at radius 3 is 2.63 bits per heavy atom. The molecule has 5 nitrogen and oxygen atoms in total. The van der Waals surface area contributed by atoms with Crippen molar-refractivity contribution in [3.63, 3.8) is 0 Å². The van der Waals surface area contributed by atoms with Crippen LogP contribution >= 0.6 is 0 Å². The lowest BCUT2D eigenvalue weighted by Gasteiger charge is -2.24. The van der Waals surface area contributed by atoms with E-state index in [0.717, 1.165) is 5.56 Å². The Morgan fingerprint density at radius 1 is 1.47 bits per heavy atom. The summed E-state index contributed by atoms with van der Waals surface area (Å²) in [7, 11) is 1.71. The molecule has 0 saturated carbocycles. The second-order valence-corrected chi connectivity index (χ2v) is 4.46. The van der Waals surface area contributed by atoms with Crippen LogP contribution in [0.2, 0.25) is 0 Å². The minimum atomic E-state index is -4.24. The molecule has 1 aromatic rings. The van der Waals surface area contributed by atoms with E-state index in [1.54, 1.807) is 24.1 Å². The molecule has 0 fully saturated rings. The van der Waals surface area contributed by atoms with Gasteiger partial charge in [-0.3, -0.25) is 9.58 Å². The fourth-order valence-corrected chi connectivity index (χ4v) is 1.69. The molecule has 0 aromatic carbocycles. The van der Waals surface area contributed by atoms with Gasteiger partial charge in [-0.2, -0.15) is 18.3 Å².